The van der Waals surface area contributed by atoms with Crippen molar-refractivity contribution in [2.45, 2.75) is 223 Å². The number of hydrogen-bond donors (Lipinski definition) is 7. The van der Waals surface area contributed by atoms with Gasteiger partial charge in [-0.25, -0.2) is 83.5 Å². The molecule has 46 heteroatoms. The molecule has 0 aliphatic carbocycles. The summed E-state index contributed by atoms with van der Waals surface area (Å²) in [6, 6.07) is 15.7. The molecule has 22 rings (SSSR count). The number of carbonyl (C=O) groups is 1. The van der Waals surface area contributed by atoms with Crippen LogP contribution >= 0.6 is 0 Å². The Kier molecular flexibility index (Phi) is 25.0. The van der Waals surface area contributed by atoms with Crippen molar-refractivity contribution < 1.29 is 43.8 Å². The number of carbonyl (C=O) groups excluding carboxylic acids is 1. The lowest BCUT2D eigenvalue weighted by Crippen LogP contribution is -2.49. The number of rotatable bonds is 18. The van der Waals surface area contributed by atoms with Crippen LogP contribution in [0.15, 0.2) is 200 Å². The minimum atomic E-state index is -0.845. The second-order valence-electron chi connectivity index (χ2n) is 35.9. The van der Waals surface area contributed by atoms with Crippen LogP contribution in [0.25, 0.3) is 5.82 Å². The van der Waals surface area contributed by atoms with E-state index in [0.29, 0.717) is 115 Å². The normalized spacial score (nSPS) is 29.1. The fourth-order valence-corrected chi connectivity index (χ4v) is 20.9. The van der Waals surface area contributed by atoms with E-state index < -0.39 is 113 Å². The Hall–Kier alpha value is -14.3. The van der Waals surface area contributed by atoms with Crippen molar-refractivity contribution in [3.05, 3.63) is 273 Å². The lowest BCUT2D eigenvalue weighted by Gasteiger charge is -2.37. The van der Waals surface area contributed by atoms with Crippen LogP contribution in [0.2, 0.25) is 0 Å². The summed E-state index contributed by atoms with van der Waals surface area (Å²) < 4.78 is 40.1. The van der Waals surface area contributed by atoms with Crippen molar-refractivity contribution in [3.8, 4) is 5.82 Å². The topological polar surface area (TPSA) is 552 Å². The number of benzene rings is 1. The fourth-order valence-electron chi connectivity index (χ4n) is 20.9. The van der Waals surface area contributed by atoms with Gasteiger partial charge in [0.15, 0.2) is 37.0 Å². The van der Waals surface area contributed by atoms with Crippen molar-refractivity contribution in [2.24, 2.45) is 11.8 Å². The van der Waals surface area contributed by atoms with Gasteiger partial charge in [0.25, 0.3) is 17.0 Å². The summed E-state index contributed by atoms with van der Waals surface area (Å²) >= 11 is 0. The monoisotopic (exact) mass is 1870 g/mol. The lowest BCUT2D eigenvalue weighted by molar-refractivity contribution is -0.107. The number of hydrogen-bond acceptors (Lipinski definition) is 37. The van der Waals surface area contributed by atoms with Crippen LogP contribution in [0.3, 0.4) is 0 Å². The molecule has 1 amide bonds. The second-order valence-corrected chi connectivity index (χ2v) is 35.9. The van der Waals surface area contributed by atoms with Crippen molar-refractivity contribution in [1.82, 2.24) is 112 Å². The van der Waals surface area contributed by atoms with Gasteiger partial charge < -0.3 is 74.6 Å². The molecule has 8 N–H and O–H groups in total. The number of nitrogens with one attached hydrogen (secondary N) is 3. The molecule has 0 radical (unpaired) electrons. The van der Waals surface area contributed by atoms with Crippen LogP contribution < -0.4 is 75.1 Å². The van der Waals surface area contributed by atoms with Gasteiger partial charge in [-0.2, -0.15) is 20.1 Å². The van der Waals surface area contributed by atoms with Crippen LogP contribution in [-0.4, -0.2) is 243 Å². The van der Waals surface area contributed by atoms with E-state index >= 15 is 0 Å². The van der Waals surface area contributed by atoms with Gasteiger partial charge in [0.05, 0.1) is 56.0 Å². The third kappa shape index (κ3) is 16.2. The van der Waals surface area contributed by atoms with E-state index in [1.165, 1.54) is 41.8 Å². The van der Waals surface area contributed by atoms with Crippen molar-refractivity contribution >= 4 is 47.3 Å². The number of aliphatic hydroxyl groups is 3. The van der Waals surface area contributed by atoms with E-state index in [0.717, 1.165) is 18.4 Å². The van der Waals surface area contributed by atoms with E-state index in [9.17, 15) is 53.7 Å². The first-order valence-electron chi connectivity index (χ1n) is 45.4. The summed E-state index contributed by atoms with van der Waals surface area (Å²) in [6.45, 7) is 25.8. The average Bonchev–Trinajstić information content (AvgIpc) is 1.57. The molecule has 0 spiro atoms. The summed E-state index contributed by atoms with van der Waals surface area (Å²) in [7, 11) is 0. The fraction of sp³-hybridized carbons (Fsp3) is 0.462. The zero-order valence-electron chi connectivity index (χ0n) is 77.2. The predicted octanol–water partition coefficient (Wildman–Crippen LogP) is 2.90. The lowest BCUT2D eigenvalue weighted by atomic mass is 9.88. The average molecular weight is 1880 g/mol. The molecule has 10 bridgehead atoms. The first kappa shape index (κ1) is 93.1. The van der Waals surface area contributed by atoms with Gasteiger partial charge >= 0.3 is 28.4 Å². The number of anilines is 7. The molecule has 10 aliphatic rings. The third-order valence-corrected chi connectivity index (χ3v) is 28.5. The van der Waals surface area contributed by atoms with E-state index in [1.807, 2.05) is 48.5 Å². The highest BCUT2D eigenvalue weighted by atomic mass is 16.6. The van der Waals surface area contributed by atoms with Gasteiger partial charge in [-0.3, -0.25) is 47.2 Å². The van der Waals surface area contributed by atoms with Crippen LogP contribution in [0.5, 0.6) is 0 Å². The van der Waals surface area contributed by atoms with Gasteiger partial charge in [-0.15, -0.1) is 0 Å². The smallest absolute Gasteiger partial charge is 0.351 e. The molecule has 12 aromatic rings. The number of aromatic nitrogens is 23. The minimum absolute atomic E-state index is 0.0616. The van der Waals surface area contributed by atoms with Gasteiger partial charge in [0.1, 0.15) is 77.5 Å². The van der Waals surface area contributed by atoms with Crippen molar-refractivity contribution in [1.29, 1.82) is 0 Å². The zero-order valence-corrected chi connectivity index (χ0v) is 77.2. The minimum Gasteiger partial charge on any atom is -0.388 e. The Morgan fingerprint density at radius 3 is 1.08 bits per heavy atom. The summed E-state index contributed by atoms with van der Waals surface area (Å²) in [5.74, 6) is 3.64. The van der Waals surface area contributed by atoms with E-state index in [4.69, 9.17) is 29.4 Å². The van der Waals surface area contributed by atoms with Gasteiger partial charge in [-0.05, 0) is 109 Å². The van der Waals surface area contributed by atoms with E-state index in [-0.39, 0.29) is 63.9 Å². The molecule has 11 aromatic heterocycles. The molecule has 0 unspecified atom stereocenters. The number of aryl methyl sites for hydroxylation is 5. The Balaban J connectivity index is 0.000000114. The van der Waals surface area contributed by atoms with Gasteiger partial charge in [0, 0.05) is 138 Å². The second kappa shape index (κ2) is 36.7. The molecule has 10 saturated heterocycles. The Bertz CT molecular complexity index is 6730. The molecule has 10 aliphatic heterocycles. The number of morpholine rings is 5. The number of aromatic amines is 2. The Morgan fingerprint density at radius 2 is 0.723 bits per heavy atom. The molecule has 20 atom stereocenters. The summed E-state index contributed by atoms with van der Waals surface area (Å²) in [6.07, 6.45) is 25.5. The SMILES string of the molecule is CC[C@@]12CN(c3ncccn3)[C@@H]([C@H](n3cc(C)c(-n4cncn4)nc3=O)O1)[C@@H]2C.CC[C@@]12CN(c3ncccn3)[C@@H]([C@H](n3cc(C)c(=O)[nH]c3=O)O1)[C@@H]2C.CC[C@@]12CN(c3ncccn3)[C@@H]([C@H](n3cc(C)c(=O)[nH]c3=O)O1)[C@@H]2O.CC[C@@]12CN(c3ncccn3)[C@@H]([C@H](n3cc(C)c(N)nc3=O)O1)[C@@H]2O.CC[C@@]12CN(c3ncccn3)[C@@H]([C@H](n3cc(C)c(NC(=O)c4ccccc4)nc3=O)O1)[C@@H]2O. The highest BCUT2D eigenvalue weighted by molar-refractivity contribution is 6.04. The highest BCUT2D eigenvalue weighted by Crippen LogP contribution is 2.56. The van der Waals surface area contributed by atoms with E-state index in [2.05, 4.69) is 128 Å². The number of H-pyrrole nitrogens is 2. The Morgan fingerprint density at radius 1 is 0.409 bits per heavy atom. The molecular formula is C91H106N30O16. The first-order chi connectivity index (χ1) is 65.9. The number of nitrogens with zero attached hydrogens (tertiary/aromatic N) is 26. The van der Waals surface area contributed by atoms with Crippen molar-refractivity contribution in [3.63, 3.8) is 0 Å². The summed E-state index contributed by atoms with van der Waals surface area (Å²) in [4.78, 5) is 173. The summed E-state index contributed by atoms with van der Waals surface area (Å²) in [5.41, 5.74) is 2.68. The number of amides is 1. The third-order valence-electron chi connectivity index (χ3n) is 28.5. The molecule has 0 saturated carbocycles. The van der Waals surface area contributed by atoms with Crippen molar-refractivity contribution in [2.75, 3.05) is 68.3 Å². The van der Waals surface area contributed by atoms with Crippen LogP contribution in [0, 0.1) is 46.5 Å². The zero-order chi connectivity index (χ0) is 96.6. The molecule has 10 fully saturated rings. The molecule has 137 heavy (non-hydrogen) atoms. The Labute approximate surface area is 781 Å². The number of aliphatic hydroxyl groups excluding tert-OH is 3. The van der Waals surface area contributed by atoms with Gasteiger partial charge in [-0.1, -0.05) is 66.7 Å². The first-order valence-corrected chi connectivity index (χ1v) is 45.4. The quantitative estimate of drug-likeness (QED) is 0.0649. The highest BCUT2D eigenvalue weighted by Gasteiger charge is 2.68. The van der Waals surface area contributed by atoms with E-state index in [1.54, 1.807) is 174 Å². The maximum absolute atomic E-state index is 13.0. The maximum atomic E-state index is 13.0. The van der Waals surface area contributed by atoms with Crippen LogP contribution in [0.1, 0.15) is 150 Å². The largest absolute Gasteiger partial charge is 0.388 e. The number of fused-ring (bicyclic) bond motifs is 10. The number of nitrogens with two attached hydrogens (primary N) is 1. The molecular weight excluding hydrogens is 1770 g/mol. The predicted molar refractivity (Wildman–Crippen MR) is 493 cm³/mol. The molecule has 716 valence electrons. The molecule has 46 nitrogen and oxygen atoms in total. The van der Waals surface area contributed by atoms with Gasteiger partial charge in [0.2, 0.25) is 29.7 Å². The molecule has 1 aromatic carbocycles. The summed E-state index contributed by atoms with van der Waals surface area (Å²) in [5, 5.41) is 39.6. The molecule has 21 heterocycles. The number of nitrogen functional groups attached to an aromatic ring is 1. The standard InChI is InChI=1S/C23H24N6O4.C19H22N8O2.C17H21N5O3.C16H20N6O3.C16H19N5O4/c1-3-23-13-29(21-24-10-7-11-25-21)16(17(23)30)20(33-23)28-12-14(2)18(27-22(28)32)26-19(31)15-8-5-4-6-9-15;1-4-19-9-26(17-21-6-5-7-22-17)14(13(19)3)16(29-19)25-8-12(2)15(24-18(25)28)27-11-20-10-23-27;1-4-17-9-22(15-18-6-5-7-19-15)12(11(17)3)14(25-17)21-8-10(2)13(23)20-16(21)24;1-3-16-8-22(14-18-5-4-6-19-14)10(11(16)23)13(25-16)21-7-9(2)12(17)20-15(21)24;1-3-16-8-21(14-17-5-4-6-18-14)10(11(16)22)13(25-16)20-7-9(2)12(23)19-15(20)24/h4-12,16-17,20,30H,3,13H2,1-2H3,(H,26,27,31,32);5-8,10-11,13-14,16H,4,9H2,1-3H3;5-8,11-12,14H,4,9H2,1-3H3,(H,20,23,24);4-7,10-11,13,23H,3,8H2,1-2H3,(H2,17,20,24);4-7,10-11,13,22H,3,8H2,1-2H3,(H,19,23,24)/t16-,17+,20-,23+;13-,14+,16+,19-;11-,12+,14+,17-;2*10-,11+,13-,16+/m10011/s1. The van der Waals surface area contributed by atoms with Crippen LogP contribution in [-0.2, 0) is 23.7 Å². The maximum Gasteiger partial charge on any atom is 0.351 e. The van der Waals surface area contributed by atoms with Crippen LogP contribution in [0.4, 0.5) is 41.4 Å². The number of ether oxygens (including phenoxy) is 5.